The summed E-state index contributed by atoms with van der Waals surface area (Å²) in [4.78, 5) is 13.0. The third-order valence-electron chi connectivity index (χ3n) is 5.09. The first kappa shape index (κ1) is 15.7. The number of nitrogens with one attached hydrogen (secondary N) is 1. The summed E-state index contributed by atoms with van der Waals surface area (Å²) >= 11 is 0. The summed E-state index contributed by atoms with van der Waals surface area (Å²) in [7, 11) is 0. The molecule has 0 saturated heterocycles. The van der Waals surface area contributed by atoms with E-state index in [1.165, 1.54) is 12.1 Å². The fourth-order valence-corrected chi connectivity index (χ4v) is 3.52. The lowest BCUT2D eigenvalue weighted by molar-refractivity contribution is -0.130. The molecular formula is C19H19FN4O. The van der Waals surface area contributed by atoms with Crippen LogP contribution in [0.3, 0.4) is 0 Å². The van der Waals surface area contributed by atoms with Gasteiger partial charge >= 0.3 is 0 Å². The minimum absolute atomic E-state index is 0.0791. The minimum atomic E-state index is -0.642. The first-order chi connectivity index (χ1) is 12.1. The lowest BCUT2D eigenvalue weighted by atomic mass is 9.63. The van der Waals surface area contributed by atoms with Crippen LogP contribution >= 0.6 is 0 Å². The molecule has 1 N–H and O–H groups in total. The Labute approximate surface area is 144 Å². The largest absolute Gasteiger partial charge is 0.346 e. The highest BCUT2D eigenvalue weighted by atomic mass is 19.1. The van der Waals surface area contributed by atoms with Crippen molar-refractivity contribution in [1.29, 1.82) is 0 Å². The normalized spacial score (nSPS) is 17.0. The Balaban J connectivity index is 1.60. The Hall–Kier alpha value is -2.76. The summed E-state index contributed by atoms with van der Waals surface area (Å²) in [5.41, 5.74) is 0.841. The molecule has 2 aromatic heterocycles. The maximum absolute atomic E-state index is 13.6. The molecule has 6 heteroatoms. The molecule has 1 amide bonds. The zero-order valence-corrected chi connectivity index (χ0v) is 13.9. The maximum Gasteiger partial charge on any atom is 0.231 e. The van der Waals surface area contributed by atoms with Crippen LogP contribution in [0.2, 0.25) is 0 Å². The number of carbonyl (C=O) groups is 1. The number of carbonyl (C=O) groups excluding carboxylic acids is 1. The van der Waals surface area contributed by atoms with Gasteiger partial charge in [0.05, 0.1) is 11.5 Å². The molecule has 1 saturated carbocycles. The smallest absolute Gasteiger partial charge is 0.231 e. The van der Waals surface area contributed by atoms with Crippen molar-refractivity contribution in [1.82, 2.24) is 19.9 Å². The number of rotatable bonds is 4. The SMILES string of the molecule is CC(NC(=O)C1(c2cccc(F)c2)CCC1)c1nnc2ccccn12. The number of hydrogen-bond donors (Lipinski definition) is 1. The molecule has 1 aliphatic rings. The molecule has 1 aliphatic carbocycles. The first-order valence-corrected chi connectivity index (χ1v) is 8.47. The van der Waals surface area contributed by atoms with E-state index >= 15 is 0 Å². The number of benzene rings is 1. The van der Waals surface area contributed by atoms with Gasteiger partial charge in [0.1, 0.15) is 5.82 Å². The molecular weight excluding hydrogens is 319 g/mol. The van der Waals surface area contributed by atoms with E-state index < -0.39 is 5.41 Å². The van der Waals surface area contributed by atoms with Crippen molar-refractivity contribution in [2.45, 2.75) is 37.6 Å². The molecule has 25 heavy (non-hydrogen) atoms. The van der Waals surface area contributed by atoms with Gasteiger partial charge in [0.15, 0.2) is 11.5 Å². The number of halogens is 1. The van der Waals surface area contributed by atoms with E-state index in [9.17, 15) is 9.18 Å². The molecule has 0 spiro atoms. The molecule has 128 valence electrons. The van der Waals surface area contributed by atoms with E-state index in [2.05, 4.69) is 15.5 Å². The number of hydrogen-bond acceptors (Lipinski definition) is 3. The summed E-state index contributed by atoms with van der Waals surface area (Å²) in [5, 5.41) is 11.4. The number of fused-ring (bicyclic) bond motifs is 1. The molecule has 1 fully saturated rings. The van der Waals surface area contributed by atoms with Crippen molar-refractivity contribution >= 4 is 11.6 Å². The molecule has 1 unspecified atom stereocenters. The van der Waals surface area contributed by atoms with E-state index in [4.69, 9.17) is 0 Å². The van der Waals surface area contributed by atoms with Crippen LogP contribution in [-0.4, -0.2) is 20.5 Å². The predicted octanol–water partition coefficient (Wildman–Crippen LogP) is 3.17. The quantitative estimate of drug-likeness (QED) is 0.795. The van der Waals surface area contributed by atoms with Crippen LogP contribution < -0.4 is 5.32 Å². The van der Waals surface area contributed by atoms with Crippen LogP contribution in [0.25, 0.3) is 5.65 Å². The van der Waals surface area contributed by atoms with Gasteiger partial charge in [-0.15, -0.1) is 10.2 Å². The van der Waals surface area contributed by atoms with Crippen LogP contribution in [0.15, 0.2) is 48.7 Å². The van der Waals surface area contributed by atoms with E-state index in [1.807, 2.05) is 41.8 Å². The van der Waals surface area contributed by atoms with Crippen LogP contribution in [0.4, 0.5) is 4.39 Å². The Morgan fingerprint density at radius 1 is 1.24 bits per heavy atom. The molecule has 0 aliphatic heterocycles. The van der Waals surface area contributed by atoms with Crippen LogP contribution in [0, 0.1) is 5.82 Å². The Bertz CT molecular complexity index is 932. The second kappa shape index (κ2) is 5.95. The van der Waals surface area contributed by atoms with Crippen molar-refractivity contribution in [2.75, 3.05) is 0 Å². The predicted molar refractivity (Wildman–Crippen MR) is 91.5 cm³/mol. The van der Waals surface area contributed by atoms with Gasteiger partial charge in [-0.2, -0.15) is 0 Å². The van der Waals surface area contributed by atoms with Gasteiger partial charge < -0.3 is 5.32 Å². The zero-order valence-electron chi connectivity index (χ0n) is 13.9. The van der Waals surface area contributed by atoms with Gasteiger partial charge in [-0.05, 0) is 49.6 Å². The second-order valence-corrected chi connectivity index (χ2v) is 6.63. The van der Waals surface area contributed by atoms with Crippen LogP contribution in [0.5, 0.6) is 0 Å². The van der Waals surface area contributed by atoms with Crippen molar-refractivity contribution in [2.24, 2.45) is 0 Å². The molecule has 2 heterocycles. The van der Waals surface area contributed by atoms with E-state index in [1.54, 1.807) is 6.07 Å². The maximum atomic E-state index is 13.6. The van der Waals surface area contributed by atoms with Crippen molar-refractivity contribution in [3.8, 4) is 0 Å². The Morgan fingerprint density at radius 3 is 2.80 bits per heavy atom. The molecule has 0 bridgehead atoms. The standard InChI is InChI=1S/C19H19FN4O/c1-13(17-23-22-16-8-2-3-11-24(16)17)21-18(25)19(9-5-10-19)14-6-4-7-15(20)12-14/h2-4,6-8,11-13H,5,9-10H2,1H3,(H,21,25). The average molecular weight is 338 g/mol. The molecule has 0 radical (unpaired) electrons. The second-order valence-electron chi connectivity index (χ2n) is 6.63. The van der Waals surface area contributed by atoms with Gasteiger partial charge in [0.2, 0.25) is 5.91 Å². The summed E-state index contributed by atoms with van der Waals surface area (Å²) in [6.07, 6.45) is 4.30. The fraction of sp³-hybridized carbons (Fsp3) is 0.316. The number of nitrogens with zero attached hydrogens (tertiary/aromatic N) is 3. The zero-order chi connectivity index (χ0) is 17.4. The monoisotopic (exact) mass is 338 g/mol. The summed E-state index contributed by atoms with van der Waals surface area (Å²) in [6, 6.07) is 11.7. The van der Waals surface area contributed by atoms with Crippen molar-refractivity contribution in [3.63, 3.8) is 0 Å². The van der Waals surface area contributed by atoms with Crippen molar-refractivity contribution < 1.29 is 9.18 Å². The highest BCUT2D eigenvalue weighted by Crippen LogP contribution is 2.44. The highest BCUT2D eigenvalue weighted by molar-refractivity contribution is 5.89. The van der Waals surface area contributed by atoms with Gasteiger partial charge in [0, 0.05) is 6.20 Å². The molecule has 1 aromatic carbocycles. The minimum Gasteiger partial charge on any atom is -0.346 e. The van der Waals surface area contributed by atoms with E-state index in [0.717, 1.165) is 30.5 Å². The first-order valence-electron chi connectivity index (χ1n) is 8.47. The van der Waals surface area contributed by atoms with Crippen molar-refractivity contribution in [3.05, 3.63) is 65.9 Å². The van der Waals surface area contributed by atoms with E-state index in [-0.39, 0.29) is 17.8 Å². The average Bonchev–Trinajstić information content (AvgIpc) is 2.98. The lowest BCUT2D eigenvalue weighted by Crippen LogP contribution is -2.50. The molecule has 5 nitrogen and oxygen atoms in total. The third-order valence-corrected chi connectivity index (χ3v) is 5.09. The third kappa shape index (κ3) is 2.58. The number of aromatic nitrogens is 3. The summed E-state index contributed by atoms with van der Waals surface area (Å²) < 4.78 is 15.5. The number of amides is 1. The molecule has 1 atom stereocenters. The summed E-state index contributed by atoms with van der Waals surface area (Å²) in [6.45, 7) is 1.89. The topological polar surface area (TPSA) is 59.3 Å². The van der Waals surface area contributed by atoms with Gasteiger partial charge in [-0.1, -0.05) is 24.6 Å². The van der Waals surface area contributed by atoms with Gasteiger partial charge in [0.25, 0.3) is 0 Å². The summed E-state index contributed by atoms with van der Waals surface area (Å²) in [5.74, 6) is 0.287. The lowest BCUT2D eigenvalue weighted by Gasteiger charge is -2.41. The fourth-order valence-electron chi connectivity index (χ4n) is 3.52. The molecule has 4 rings (SSSR count). The van der Waals surface area contributed by atoms with Gasteiger partial charge in [-0.25, -0.2) is 4.39 Å². The Morgan fingerprint density at radius 2 is 2.08 bits per heavy atom. The number of pyridine rings is 1. The Kier molecular flexibility index (Phi) is 3.75. The molecule has 3 aromatic rings. The van der Waals surface area contributed by atoms with E-state index in [0.29, 0.717) is 5.82 Å². The van der Waals surface area contributed by atoms with Crippen LogP contribution in [-0.2, 0) is 10.2 Å². The van der Waals surface area contributed by atoms with Gasteiger partial charge in [-0.3, -0.25) is 9.20 Å². The van der Waals surface area contributed by atoms with Crippen LogP contribution in [0.1, 0.15) is 43.6 Å². The highest BCUT2D eigenvalue weighted by Gasteiger charge is 2.46.